The van der Waals surface area contributed by atoms with E-state index in [1.807, 2.05) is 18.2 Å². The highest BCUT2D eigenvalue weighted by Gasteiger charge is 2.18. The normalized spacial score (nSPS) is 14.8. The van der Waals surface area contributed by atoms with E-state index in [4.69, 9.17) is 21.1 Å². The predicted octanol–water partition coefficient (Wildman–Crippen LogP) is 4.60. The Kier molecular flexibility index (Phi) is 5.09. The molecule has 0 radical (unpaired) electrons. The Morgan fingerprint density at radius 2 is 1.83 bits per heavy atom. The van der Waals surface area contributed by atoms with Gasteiger partial charge in [0.1, 0.15) is 13.2 Å². The summed E-state index contributed by atoms with van der Waals surface area (Å²) in [5, 5.41) is 4.24. The second-order valence-corrected chi connectivity index (χ2v) is 6.52. The van der Waals surface area contributed by atoms with E-state index in [2.05, 4.69) is 43.4 Å². The summed E-state index contributed by atoms with van der Waals surface area (Å²) in [6.07, 6.45) is 0. The fourth-order valence-corrected chi connectivity index (χ4v) is 3.18. The van der Waals surface area contributed by atoms with Gasteiger partial charge in [0.2, 0.25) is 0 Å². The van der Waals surface area contributed by atoms with Gasteiger partial charge in [-0.3, -0.25) is 0 Å². The Hall–Kier alpha value is -1.71. The van der Waals surface area contributed by atoms with E-state index in [1.165, 1.54) is 5.56 Å². The molecule has 0 bridgehead atoms. The zero-order chi connectivity index (χ0) is 16.2. The first-order valence-electron chi connectivity index (χ1n) is 8.01. The molecule has 2 aromatic rings. The van der Waals surface area contributed by atoms with Crippen LogP contribution in [0.4, 0.5) is 0 Å². The molecule has 0 amide bonds. The van der Waals surface area contributed by atoms with Crippen LogP contribution in [0.25, 0.3) is 0 Å². The number of fused-ring (bicyclic) bond motifs is 1. The lowest BCUT2D eigenvalue weighted by molar-refractivity contribution is 0.171. The molecule has 0 aliphatic carbocycles. The summed E-state index contributed by atoms with van der Waals surface area (Å²) >= 11 is 6.31. The van der Waals surface area contributed by atoms with Crippen molar-refractivity contribution < 1.29 is 9.47 Å². The number of benzene rings is 2. The highest BCUT2D eigenvalue weighted by atomic mass is 35.5. The molecule has 1 heterocycles. The highest BCUT2D eigenvalue weighted by Crippen LogP contribution is 2.38. The lowest BCUT2D eigenvalue weighted by Crippen LogP contribution is -2.25. The Morgan fingerprint density at radius 3 is 2.57 bits per heavy atom. The zero-order valence-corrected chi connectivity index (χ0v) is 14.3. The van der Waals surface area contributed by atoms with Crippen LogP contribution < -0.4 is 14.8 Å². The number of rotatable bonds is 5. The molecule has 1 unspecified atom stereocenters. The fraction of sp³-hybridized carbons (Fsp3) is 0.368. The largest absolute Gasteiger partial charge is 0.486 e. The Balaban J connectivity index is 1.75. The molecule has 0 saturated carbocycles. The molecule has 0 spiro atoms. The van der Waals surface area contributed by atoms with Gasteiger partial charge in [0.25, 0.3) is 0 Å². The van der Waals surface area contributed by atoms with E-state index in [0.717, 1.165) is 17.9 Å². The second-order valence-electron chi connectivity index (χ2n) is 6.12. The maximum Gasteiger partial charge on any atom is 0.179 e. The van der Waals surface area contributed by atoms with Gasteiger partial charge in [0.15, 0.2) is 11.5 Å². The average Bonchev–Trinajstić information content (AvgIpc) is 2.56. The van der Waals surface area contributed by atoms with Crippen LogP contribution >= 0.6 is 11.6 Å². The van der Waals surface area contributed by atoms with Crippen LogP contribution in [-0.2, 0) is 6.54 Å². The number of halogens is 1. The van der Waals surface area contributed by atoms with Crippen LogP contribution in [0.15, 0.2) is 42.5 Å². The van der Waals surface area contributed by atoms with Crippen LogP contribution in [0.2, 0.25) is 5.02 Å². The first-order valence-corrected chi connectivity index (χ1v) is 8.39. The molecule has 1 aliphatic rings. The van der Waals surface area contributed by atoms with Gasteiger partial charge in [-0.2, -0.15) is 0 Å². The summed E-state index contributed by atoms with van der Waals surface area (Å²) in [4.78, 5) is 0. The van der Waals surface area contributed by atoms with Crippen molar-refractivity contribution in [2.75, 3.05) is 13.2 Å². The maximum atomic E-state index is 6.31. The Labute approximate surface area is 142 Å². The van der Waals surface area contributed by atoms with Crippen LogP contribution in [0.3, 0.4) is 0 Å². The summed E-state index contributed by atoms with van der Waals surface area (Å²) in [7, 11) is 0. The third kappa shape index (κ3) is 3.80. The quantitative estimate of drug-likeness (QED) is 0.868. The molecule has 1 aliphatic heterocycles. The van der Waals surface area contributed by atoms with E-state index >= 15 is 0 Å². The number of hydrogen-bond donors (Lipinski definition) is 1. The standard InChI is InChI=1S/C19H22ClNO2/c1-13(2)18(15-6-4-3-5-7-15)21-12-14-10-16(20)19-17(11-14)22-8-9-23-19/h3-7,10-11,13,18,21H,8-9,12H2,1-2H3. The minimum Gasteiger partial charge on any atom is -0.486 e. The van der Waals surface area contributed by atoms with Crippen LogP contribution in [0, 0.1) is 5.92 Å². The average molecular weight is 332 g/mol. The smallest absolute Gasteiger partial charge is 0.179 e. The first kappa shape index (κ1) is 16.2. The van der Waals surface area contributed by atoms with Crippen molar-refractivity contribution in [2.24, 2.45) is 5.92 Å². The van der Waals surface area contributed by atoms with Crippen LogP contribution in [0.1, 0.15) is 31.0 Å². The van der Waals surface area contributed by atoms with E-state index in [9.17, 15) is 0 Å². The molecule has 3 nitrogen and oxygen atoms in total. The lowest BCUT2D eigenvalue weighted by Gasteiger charge is -2.24. The van der Waals surface area contributed by atoms with Gasteiger partial charge in [-0.25, -0.2) is 0 Å². The van der Waals surface area contributed by atoms with E-state index < -0.39 is 0 Å². The summed E-state index contributed by atoms with van der Waals surface area (Å²) in [6.45, 7) is 6.30. The van der Waals surface area contributed by atoms with Gasteiger partial charge < -0.3 is 14.8 Å². The van der Waals surface area contributed by atoms with Gasteiger partial charge in [-0.05, 0) is 29.2 Å². The summed E-state index contributed by atoms with van der Waals surface area (Å²) in [5.74, 6) is 1.89. The van der Waals surface area contributed by atoms with Gasteiger partial charge in [0, 0.05) is 12.6 Å². The summed E-state index contributed by atoms with van der Waals surface area (Å²) in [6, 6.07) is 14.8. The van der Waals surface area contributed by atoms with Crippen LogP contribution in [-0.4, -0.2) is 13.2 Å². The number of nitrogens with one attached hydrogen (secondary N) is 1. The van der Waals surface area contributed by atoms with E-state index in [0.29, 0.717) is 35.9 Å². The lowest BCUT2D eigenvalue weighted by atomic mass is 9.96. The van der Waals surface area contributed by atoms with Crippen molar-refractivity contribution in [2.45, 2.75) is 26.4 Å². The van der Waals surface area contributed by atoms with Crippen LogP contribution in [0.5, 0.6) is 11.5 Å². The SMILES string of the molecule is CC(C)C(NCc1cc(Cl)c2c(c1)OCCO2)c1ccccc1. The highest BCUT2D eigenvalue weighted by molar-refractivity contribution is 6.32. The molecule has 23 heavy (non-hydrogen) atoms. The van der Waals surface area contributed by atoms with Crippen molar-refractivity contribution in [3.8, 4) is 11.5 Å². The molecule has 1 atom stereocenters. The van der Waals surface area contributed by atoms with Crippen molar-refractivity contribution >= 4 is 11.6 Å². The maximum absolute atomic E-state index is 6.31. The number of ether oxygens (including phenoxy) is 2. The van der Waals surface area contributed by atoms with E-state index in [-0.39, 0.29) is 0 Å². The molecule has 4 heteroatoms. The van der Waals surface area contributed by atoms with Gasteiger partial charge in [0.05, 0.1) is 5.02 Å². The minimum absolute atomic E-state index is 0.295. The number of hydrogen-bond acceptors (Lipinski definition) is 3. The van der Waals surface area contributed by atoms with Crippen molar-refractivity contribution in [1.29, 1.82) is 0 Å². The predicted molar refractivity (Wildman–Crippen MR) is 93.3 cm³/mol. The Bertz CT molecular complexity index is 658. The zero-order valence-electron chi connectivity index (χ0n) is 13.5. The van der Waals surface area contributed by atoms with Gasteiger partial charge in [-0.15, -0.1) is 0 Å². The minimum atomic E-state index is 0.295. The monoisotopic (exact) mass is 331 g/mol. The molecule has 1 N–H and O–H groups in total. The van der Waals surface area contributed by atoms with Gasteiger partial charge >= 0.3 is 0 Å². The van der Waals surface area contributed by atoms with Crippen molar-refractivity contribution in [3.05, 3.63) is 58.6 Å². The summed E-state index contributed by atoms with van der Waals surface area (Å²) in [5.41, 5.74) is 2.40. The molecule has 122 valence electrons. The molecular weight excluding hydrogens is 310 g/mol. The first-order chi connectivity index (χ1) is 11.1. The fourth-order valence-electron chi connectivity index (χ4n) is 2.89. The molecule has 0 aromatic heterocycles. The third-order valence-corrected chi connectivity index (χ3v) is 4.29. The molecule has 0 fully saturated rings. The molecule has 0 saturated heterocycles. The topological polar surface area (TPSA) is 30.5 Å². The van der Waals surface area contributed by atoms with Crippen molar-refractivity contribution in [3.63, 3.8) is 0 Å². The van der Waals surface area contributed by atoms with Crippen molar-refractivity contribution in [1.82, 2.24) is 5.32 Å². The summed E-state index contributed by atoms with van der Waals surface area (Å²) < 4.78 is 11.2. The Morgan fingerprint density at radius 1 is 1.09 bits per heavy atom. The molecular formula is C19H22ClNO2. The molecule has 3 rings (SSSR count). The second kappa shape index (κ2) is 7.24. The third-order valence-electron chi connectivity index (χ3n) is 4.01. The van der Waals surface area contributed by atoms with Gasteiger partial charge in [-0.1, -0.05) is 55.8 Å². The van der Waals surface area contributed by atoms with E-state index in [1.54, 1.807) is 0 Å². The molecule has 2 aromatic carbocycles.